The number of carbonyl (C=O) groups is 5. The zero-order valence-corrected chi connectivity index (χ0v) is 45.4. The van der Waals surface area contributed by atoms with E-state index in [1.165, 1.54) is 26.0 Å². The number of esters is 1. The number of hydrogen-bond donors (Lipinski definition) is 5. The summed E-state index contributed by atoms with van der Waals surface area (Å²) in [5.74, 6) is -8.52. The van der Waals surface area contributed by atoms with Gasteiger partial charge in [0, 0.05) is 58.5 Å². The molecule has 2 bridgehead atoms. The van der Waals surface area contributed by atoms with E-state index in [2.05, 4.69) is 0 Å². The molecule has 3 aliphatic heterocycles. The van der Waals surface area contributed by atoms with Gasteiger partial charge >= 0.3 is 5.97 Å². The molecule has 414 valence electrons. The lowest BCUT2D eigenvalue weighted by Gasteiger charge is -2.43. The van der Waals surface area contributed by atoms with E-state index in [1.807, 2.05) is 51.2 Å². The molecule has 1 amide bonds. The molecule has 3 fully saturated rings. The number of hydrogen-bond acceptors (Lipinski definition) is 16. The quantitative estimate of drug-likeness (QED) is 0.0741. The minimum absolute atomic E-state index is 0.00387. The van der Waals surface area contributed by atoms with E-state index < -0.39 is 121 Å². The Balaban J connectivity index is 1.69. The monoisotopic (exact) mass is 1030 g/mol. The number of aliphatic hydroxyl groups is 5. The number of carbonyl (C=O) groups excluding carboxylic acids is 5. The third-order valence-corrected chi connectivity index (χ3v) is 16.1. The molecule has 4 aliphatic rings. The van der Waals surface area contributed by atoms with Crippen LogP contribution in [0.3, 0.4) is 0 Å². The molecule has 0 aromatic heterocycles. The average Bonchev–Trinajstić information content (AvgIpc) is 3.37. The molecule has 5 N–H and O–H groups in total. The second kappa shape index (κ2) is 28.6. The van der Waals surface area contributed by atoms with Crippen molar-refractivity contribution < 1.29 is 77.9 Å². The minimum Gasteiger partial charge on any atom is -0.460 e. The molecular weight excluding hydrogens is 943 g/mol. The van der Waals surface area contributed by atoms with Crippen molar-refractivity contribution in [3.05, 3.63) is 47.6 Å². The van der Waals surface area contributed by atoms with Crippen molar-refractivity contribution >= 4 is 29.2 Å². The van der Waals surface area contributed by atoms with Crippen molar-refractivity contribution in [3.8, 4) is 0 Å². The van der Waals surface area contributed by atoms with Gasteiger partial charge in [-0.05, 0) is 107 Å². The van der Waals surface area contributed by atoms with Crippen LogP contribution in [0.1, 0.15) is 132 Å². The molecule has 16 atom stereocenters. The van der Waals surface area contributed by atoms with Crippen LogP contribution in [0.25, 0.3) is 0 Å². The predicted octanol–water partition coefficient (Wildman–Crippen LogP) is 5.51. The third kappa shape index (κ3) is 16.3. The lowest BCUT2D eigenvalue weighted by atomic mass is 9.78. The summed E-state index contributed by atoms with van der Waals surface area (Å²) in [6.07, 6.45) is 8.72. The number of fused-ring (bicyclic) bond motifs is 3. The molecule has 1 saturated carbocycles. The number of piperidine rings is 1. The van der Waals surface area contributed by atoms with Gasteiger partial charge in [0.25, 0.3) is 11.7 Å². The standard InChI is InChI=1S/C56H89NO16/c1-33-17-13-12-14-18-34(2)45(68-9)29-41-22-20-39(7)56(67,73-41)51(63)52(64)57-24-16-15-19-42(57)53(65)71-46(30-43(60)35(3)26-38(6)49(62)50(70-11)48(61)37(5)25-33)36(4)27-40-21-23-44(47(28-40)69-10)72-54(66)55(8,31-58)32-59/h12-14,17-18,26,33,35-37,39-42,44-47,49-50,54,58-59,62,66-67H,15-16,19-25,27-32H2,1-11H3/b14-12?,17-13+,34-18?,38-26-/t33?,35-,36?,37?,39?,40?,41?,42?,44?,45?,46?,47?,49?,50?,54?,56?/m0/s1. The molecular formula is C56H89NO16. The van der Waals surface area contributed by atoms with Gasteiger partial charge in [-0.15, -0.1) is 0 Å². The lowest BCUT2D eigenvalue weighted by molar-refractivity contribution is -0.265. The fourth-order valence-corrected chi connectivity index (χ4v) is 10.8. The van der Waals surface area contributed by atoms with E-state index in [9.17, 15) is 49.5 Å². The molecule has 0 aromatic carbocycles. The van der Waals surface area contributed by atoms with Gasteiger partial charge in [0.15, 0.2) is 12.1 Å². The van der Waals surface area contributed by atoms with Crippen molar-refractivity contribution in [1.82, 2.24) is 4.90 Å². The van der Waals surface area contributed by atoms with Crippen molar-refractivity contribution in [2.75, 3.05) is 41.1 Å². The summed E-state index contributed by atoms with van der Waals surface area (Å²) in [5, 5.41) is 54.0. The number of Topliss-reactive ketones (excluding diaryl/α,β-unsaturated/α-hetero) is 3. The highest BCUT2D eigenvalue weighted by atomic mass is 16.6. The van der Waals surface area contributed by atoms with Gasteiger partial charge in [0.1, 0.15) is 30.1 Å². The van der Waals surface area contributed by atoms with E-state index in [0.717, 1.165) is 5.57 Å². The van der Waals surface area contributed by atoms with Gasteiger partial charge in [-0.3, -0.25) is 19.2 Å². The summed E-state index contributed by atoms with van der Waals surface area (Å²) < 4.78 is 35.7. The minimum atomic E-state index is -2.46. The van der Waals surface area contributed by atoms with Gasteiger partial charge < -0.3 is 58.9 Å². The fraction of sp³-hybridized carbons (Fsp3) is 0.768. The first kappa shape index (κ1) is 62.1. The van der Waals surface area contributed by atoms with Crippen LogP contribution in [-0.4, -0.2) is 162 Å². The number of ether oxygens (including phenoxy) is 6. The number of cyclic esters (lactones) is 1. The first-order valence-electron chi connectivity index (χ1n) is 26.5. The first-order valence-corrected chi connectivity index (χ1v) is 26.5. The Kier molecular flexibility index (Phi) is 24.3. The van der Waals surface area contributed by atoms with E-state index in [4.69, 9.17) is 28.4 Å². The fourth-order valence-electron chi connectivity index (χ4n) is 10.8. The summed E-state index contributed by atoms with van der Waals surface area (Å²) in [4.78, 5) is 72.5. The first-order chi connectivity index (χ1) is 34.5. The van der Waals surface area contributed by atoms with Crippen LogP contribution < -0.4 is 0 Å². The van der Waals surface area contributed by atoms with Crippen LogP contribution in [0.15, 0.2) is 47.6 Å². The second-order valence-corrected chi connectivity index (χ2v) is 22.0. The van der Waals surface area contributed by atoms with Gasteiger partial charge in [0.05, 0.1) is 43.0 Å². The van der Waals surface area contributed by atoms with Crippen LogP contribution in [0, 0.1) is 40.9 Å². The molecule has 0 radical (unpaired) electrons. The predicted molar refractivity (Wildman–Crippen MR) is 272 cm³/mol. The third-order valence-electron chi connectivity index (χ3n) is 16.1. The van der Waals surface area contributed by atoms with Gasteiger partial charge in [0.2, 0.25) is 5.79 Å². The van der Waals surface area contributed by atoms with E-state index in [-0.39, 0.29) is 42.8 Å². The highest BCUT2D eigenvalue weighted by Gasteiger charge is 2.53. The highest BCUT2D eigenvalue weighted by molar-refractivity contribution is 6.39. The molecule has 17 heteroatoms. The summed E-state index contributed by atoms with van der Waals surface area (Å²) in [7, 11) is 4.47. The molecule has 15 unspecified atom stereocenters. The Bertz CT molecular complexity index is 1960. The molecule has 17 nitrogen and oxygen atoms in total. The number of methoxy groups -OCH3 is 3. The maximum atomic E-state index is 14.6. The molecule has 3 heterocycles. The zero-order valence-electron chi connectivity index (χ0n) is 45.4. The number of nitrogens with zero attached hydrogens (tertiary/aromatic N) is 1. The maximum Gasteiger partial charge on any atom is 0.329 e. The smallest absolute Gasteiger partial charge is 0.329 e. The topological polar surface area (TPSA) is 245 Å². The van der Waals surface area contributed by atoms with Crippen LogP contribution in [-0.2, 0) is 52.4 Å². The Hall–Kier alpha value is -3.49. The summed E-state index contributed by atoms with van der Waals surface area (Å²) >= 11 is 0. The van der Waals surface area contributed by atoms with Crippen LogP contribution in [0.4, 0.5) is 0 Å². The molecule has 73 heavy (non-hydrogen) atoms. The van der Waals surface area contributed by atoms with E-state index in [0.29, 0.717) is 69.8 Å². The number of rotatable bonds is 11. The van der Waals surface area contributed by atoms with Crippen LogP contribution in [0.5, 0.6) is 0 Å². The number of ketones is 3. The summed E-state index contributed by atoms with van der Waals surface area (Å²) in [5.41, 5.74) is -0.0739. The lowest BCUT2D eigenvalue weighted by Crippen LogP contribution is -2.61. The normalized spacial score (nSPS) is 36.8. The summed E-state index contributed by atoms with van der Waals surface area (Å²) in [6.45, 7) is 13.1. The molecule has 4 rings (SSSR count). The summed E-state index contributed by atoms with van der Waals surface area (Å²) in [6, 6.07) is -1.19. The van der Waals surface area contributed by atoms with Crippen molar-refractivity contribution in [2.45, 2.75) is 193 Å². The zero-order chi connectivity index (χ0) is 54.4. The van der Waals surface area contributed by atoms with Gasteiger partial charge in [-0.25, -0.2) is 4.79 Å². The molecule has 0 aromatic rings. The van der Waals surface area contributed by atoms with E-state index in [1.54, 1.807) is 40.9 Å². The van der Waals surface area contributed by atoms with Crippen molar-refractivity contribution in [1.29, 1.82) is 0 Å². The van der Waals surface area contributed by atoms with Crippen LogP contribution in [0.2, 0.25) is 0 Å². The average molecular weight is 1030 g/mol. The Morgan fingerprint density at radius 3 is 2.19 bits per heavy atom. The second-order valence-electron chi connectivity index (χ2n) is 22.0. The van der Waals surface area contributed by atoms with Crippen molar-refractivity contribution in [3.63, 3.8) is 0 Å². The number of aliphatic hydroxyl groups excluding tert-OH is 4. The Labute approximate surface area is 433 Å². The van der Waals surface area contributed by atoms with E-state index >= 15 is 0 Å². The highest BCUT2D eigenvalue weighted by Crippen LogP contribution is 2.39. The molecule has 2 saturated heterocycles. The van der Waals surface area contributed by atoms with Crippen molar-refractivity contribution in [2.24, 2.45) is 40.9 Å². The van der Waals surface area contributed by atoms with Gasteiger partial charge in [-0.2, -0.15) is 0 Å². The maximum absolute atomic E-state index is 14.6. The largest absolute Gasteiger partial charge is 0.460 e. The SMILES string of the molecule is COC1CC2CCC(C)C(O)(O2)C(=O)C(=O)N2CCCCC2C(=O)OC(C(C)CC2CCC(OC(O)C(C)(CO)CO)C(OC)C2)CC(=O)[C@@H](C)/C=C(/C)C(O)C(OC)C(=O)C(C)CC(C)/C=C/C=CC=C1C. The van der Waals surface area contributed by atoms with Gasteiger partial charge in [-0.1, -0.05) is 78.0 Å². The van der Waals surface area contributed by atoms with Crippen LogP contribution >= 0.6 is 0 Å². The molecule has 0 spiro atoms. The Morgan fingerprint density at radius 2 is 1.55 bits per heavy atom. The Morgan fingerprint density at radius 1 is 0.849 bits per heavy atom. The molecule has 1 aliphatic carbocycles. The number of amides is 1. The number of allylic oxidation sites excluding steroid dienone is 6.